The van der Waals surface area contributed by atoms with Gasteiger partial charge in [-0.25, -0.2) is 13.9 Å². The molecule has 0 atom stereocenters. The van der Waals surface area contributed by atoms with Crippen LogP contribution in [0.25, 0.3) is 0 Å². The summed E-state index contributed by atoms with van der Waals surface area (Å²) >= 11 is 0. The molecule has 0 amide bonds. The Morgan fingerprint density at radius 2 is 1.83 bits per heavy atom. The Morgan fingerprint density at radius 1 is 1.25 bits per heavy atom. The molecule has 5 heteroatoms. The van der Waals surface area contributed by atoms with E-state index in [4.69, 9.17) is 5.53 Å². The third kappa shape index (κ3) is 1.83. The average molecular weight is 190 g/mol. The fourth-order valence-electron chi connectivity index (χ4n) is 1.76. The summed E-state index contributed by atoms with van der Waals surface area (Å²) in [6, 6.07) is 0. The maximum atomic E-state index is 11.0. The van der Waals surface area contributed by atoms with Crippen LogP contribution < -0.4 is 0 Å². The van der Waals surface area contributed by atoms with Gasteiger partial charge in [0.15, 0.2) is 0 Å². The molecule has 0 saturated heterocycles. The third-order valence-corrected chi connectivity index (χ3v) is 3.91. The first kappa shape index (κ1) is 9.64. The molecule has 1 aliphatic rings. The quantitative estimate of drug-likeness (QED) is 0.520. The van der Waals surface area contributed by atoms with Gasteiger partial charge < -0.3 is 0 Å². The van der Waals surface area contributed by atoms with Gasteiger partial charge in [-0.2, -0.15) is 5.11 Å². The molecule has 4 nitrogen and oxygen atoms in total. The molecule has 1 aliphatic carbocycles. The molecule has 0 radical (unpaired) electrons. The van der Waals surface area contributed by atoms with Gasteiger partial charge >= 0.3 is 0 Å². The van der Waals surface area contributed by atoms with Gasteiger partial charge in [-0.3, -0.25) is 0 Å². The second kappa shape index (κ2) is 3.98. The van der Waals surface area contributed by atoms with Crippen LogP contribution in [0.3, 0.4) is 0 Å². The van der Waals surface area contributed by atoms with Gasteiger partial charge in [-0.1, -0.05) is 19.3 Å². The van der Waals surface area contributed by atoms with Gasteiger partial charge in [-0.15, -0.1) is 0 Å². The molecule has 12 heavy (non-hydrogen) atoms. The lowest BCUT2D eigenvalue weighted by Gasteiger charge is -2.29. The van der Waals surface area contributed by atoms with Crippen molar-refractivity contribution >= 4 is 10.7 Å². The second-order valence-corrected chi connectivity index (χ2v) is 4.82. The first-order valence-electron chi connectivity index (χ1n) is 4.19. The summed E-state index contributed by atoms with van der Waals surface area (Å²) in [5, 5.41) is 3.22. The van der Waals surface area contributed by atoms with E-state index in [2.05, 4.69) is 5.11 Å². The van der Waals surface area contributed by atoms with Gasteiger partial charge in [0, 0.05) is 0 Å². The Hall–Kier alpha value is -0.450. The number of hydrogen-bond acceptors (Lipinski definition) is 4. The van der Waals surface area contributed by atoms with Crippen molar-refractivity contribution in [1.82, 2.24) is 0 Å². The van der Waals surface area contributed by atoms with Gasteiger partial charge in [-0.05, 0) is 12.8 Å². The van der Waals surface area contributed by atoms with Crippen LogP contribution in [0.1, 0.15) is 32.1 Å². The van der Waals surface area contributed by atoms with E-state index in [9.17, 15) is 8.42 Å². The first-order chi connectivity index (χ1) is 5.71. The summed E-state index contributed by atoms with van der Waals surface area (Å²) < 4.78 is 21.2. The molecule has 0 unspecified atom stereocenters. The van der Waals surface area contributed by atoms with Gasteiger partial charge in [0.25, 0.3) is 0 Å². The van der Waals surface area contributed by atoms with Crippen molar-refractivity contribution in [3.05, 3.63) is 0 Å². The minimum Gasteiger partial charge on any atom is -0.231 e. The second-order valence-electron chi connectivity index (χ2n) is 3.36. The van der Waals surface area contributed by atoms with E-state index in [0.717, 1.165) is 19.3 Å². The van der Waals surface area contributed by atoms with Crippen molar-refractivity contribution in [2.24, 2.45) is 5.11 Å². The molecule has 1 rings (SSSR count). The zero-order valence-corrected chi connectivity index (χ0v) is 7.85. The average Bonchev–Trinajstić information content (AvgIpc) is 2.06. The number of nitrogens with zero attached hydrogens (tertiary/aromatic N) is 1. The molecule has 0 heterocycles. The lowest BCUT2D eigenvalue weighted by Crippen LogP contribution is -2.36. The molecular formula is C7H14N2O2S. The fourth-order valence-corrected chi connectivity index (χ4v) is 2.62. The van der Waals surface area contributed by atoms with Crippen LogP contribution in [0, 0.1) is 5.53 Å². The van der Waals surface area contributed by atoms with E-state index in [0.29, 0.717) is 12.8 Å². The topological polar surface area (TPSA) is 70.3 Å². The summed E-state index contributed by atoms with van der Waals surface area (Å²) in [7, 11) is -2.42. The van der Waals surface area contributed by atoms with E-state index in [-0.39, 0.29) is 6.54 Å². The van der Waals surface area contributed by atoms with Crippen molar-refractivity contribution in [1.29, 1.82) is 5.53 Å². The van der Waals surface area contributed by atoms with Crippen LogP contribution in [-0.2, 0) is 10.7 Å². The van der Waals surface area contributed by atoms with Crippen LogP contribution in [0.2, 0.25) is 0 Å². The molecule has 0 spiro atoms. The SMILES string of the molecule is N=NCC1([SH](=O)=O)CCCCC1. The molecule has 0 bridgehead atoms. The van der Waals surface area contributed by atoms with Crippen LogP contribution in [0.4, 0.5) is 0 Å². The van der Waals surface area contributed by atoms with Crippen LogP contribution in [0.15, 0.2) is 5.11 Å². The normalized spacial score (nSPS) is 22.4. The Labute approximate surface area is 73.8 Å². The molecule has 1 saturated carbocycles. The smallest absolute Gasteiger partial charge is 0.147 e. The molecule has 0 aromatic carbocycles. The Balaban J connectivity index is 2.76. The Bertz CT molecular complexity index is 224. The largest absolute Gasteiger partial charge is 0.231 e. The predicted octanol–water partition coefficient (Wildman–Crippen LogP) is 1.33. The molecular weight excluding hydrogens is 176 g/mol. The molecule has 1 N–H and O–H groups in total. The highest BCUT2D eigenvalue weighted by molar-refractivity contribution is 7.74. The highest BCUT2D eigenvalue weighted by Crippen LogP contribution is 2.31. The summed E-state index contributed by atoms with van der Waals surface area (Å²) in [5.41, 5.74) is 6.72. The van der Waals surface area contributed by atoms with Crippen molar-refractivity contribution < 1.29 is 8.42 Å². The van der Waals surface area contributed by atoms with Gasteiger partial charge in [0.2, 0.25) is 0 Å². The Morgan fingerprint density at radius 3 is 2.25 bits per heavy atom. The van der Waals surface area contributed by atoms with Crippen molar-refractivity contribution in [2.75, 3.05) is 6.54 Å². The molecule has 0 aromatic heterocycles. The maximum Gasteiger partial charge on any atom is 0.147 e. The monoisotopic (exact) mass is 190 g/mol. The number of nitrogens with one attached hydrogen (secondary N) is 1. The summed E-state index contributed by atoms with van der Waals surface area (Å²) in [5.74, 6) is 0. The third-order valence-electron chi connectivity index (χ3n) is 2.54. The lowest BCUT2D eigenvalue weighted by molar-refractivity contribution is 0.381. The number of rotatable bonds is 3. The first-order valence-corrected chi connectivity index (χ1v) is 5.37. The van der Waals surface area contributed by atoms with Crippen molar-refractivity contribution in [2.45, 2.75) is 36.9 Å². The lowest BCUT2D eigenvalue weighted by atomic mass is 9.88. The van der Waals surface area contributed by atoms with Crippen molar-refractivity contribution in [3.63, 3.8) is 0 Å². The zero-order valence-electron chi connectivity index (χ0n) is 6.95. The van der Waals surface area contributed by atoms with E-state index in [1.54, 1.807) is 0 Å². The zero-order chi connectivity index (χ0) is 9.03. The highest BCUT2D eigenvalue weighted by Gasteiger charge is 2.35. The van der Waals surface area contributed by atoms with Crippen molar-refractivity contribution in [3.8, 4) is 0 Å². The molecule has 70 valence electrons. The van der Waals surface area contributed by atoms with E-state index >= 15 is 0 Å². The summed E-state index contributed by atoms with van der Waals surface area (Å²) in [4.78, 5) is 0. The molecule has 0 aliphatic heterocycles. The predicted molar refractivity (Wildman–Crippen MR) is 46.1 cm³/mol. The van der Waals surface area contributed by atoms with E-state index in [1.807, 2.05) is 0 Å². The van der Waals surface area contributed by atoms with Gasteiger partial charge in [0.05, 0.1) is 11.3 Å². The van der Waals surface area contributed by atoms with E-state index in [1.165, 1.54) is 0 Å². The highest BCUT2D eigenvalue weighted by atomic mass is 32.2. The minimum absolute atomic E-state index is 0.158. The van der Waals surface area contributed by atoms with Crippen LogP contribution in [0.5, 0.6) is 0 Å². The van der Waals surface area contributed by atoms with Gasteiger partial charge in [0.1, 0.15) is 10.7 Å². The van der Waals surface area contributed by atoms with Crippen LogP contribution in [-0.4, -0.2) is 19.7 Å². The van der Waals surface area contributed by atoms with E-state index < -0.39 is 15.5 Å². The maximum absolute atomic E-state index is 11.0. The molecule has 1 fully saturated rings. The summed E-state index contributed by atoms with van der Waals surface area (Å²) in [6.45, 7) is 0.158. The van der Waals surface area contributed by atoms with Crippen LogP contribution >= 0.6 is 0 Å². The standard InChI is InChI=1S/C7H14N2O2S/c8-9-6-7(12(10)11)4-2-1-3-5-7/h8,12H,1-6H2. The molecule has 0 aromatic rings. The minimum atomic E-state index is -2.42. The Kier molecular flexibility index (Phi) is 3.20. The fraction of sp³-hybridized carbons (Fsp3) is 1.00. The number of hydrogen-bond donors (Lipinski definition) is 2. The summed E-state index contributed by atoms with van der Waals surface area (Å²) in [6.07, 6.45) is 4.41. The number of thiol groups is 1.